The van der Waals surface area contributed by atoms with Crippen LogP contribution in [-0.2, 0) is 0 Å². The molecule has 1 aliphatic rings. The van der Waals surface area contributed by atoms with Crippen LogP contribution in [0.15, 0.2) is 23.1 Å². The molecule has 0 atom stereocenters. The van der Waals surface area contributed by atoms with Crippen molar-refractivity contribution in [3.8, 4) is 0 Å². The van der Waals surface area contributed by atoms with E-state index in [1.807, 2.05) is 0 Å². The lowest BCUT2D eigenvalue weighted by Gasteiger charge is -2.34. The van der Waals surface area contributed by atoms with E-state index in [0.29, 0.717) is 0 Å². The molecule has 0 heterocycles. The standard InChI is InChI=1S/C8F12/c9-3-1(4(10)11)2(3)5(12,13)6(14,7(15,16)17)8(18,19)20. The highest BCUT2D eigenvalue weighted by Crippen LogP contribution is 2.63. The first kappa shape index (κ1) is 16.7. The van der Waals surface area contributed by atoms with Gasteiger partial charge in [-0.3, -0.25) is 0 Å². The van der Waals surface area contributed by atoms with Crippen molar-refractivity contribution in [1.82, 2.24) is 0 Å². The molecule has 0 bridgehead atoms. The summed E-state index contributed by atoms with van der Waals surface area (Å²) < 4.78 is 147. The predicted octanol–water partition coefficient (Wildman–Crippen LogP) is 4.84. The lowest BCUT2D eigenvalue weighted by Crippen LogP contribution is -2.64. The molecule has 116 valence electrons. The number of hydrogen-bond donors (Lipinski definition) is 0. The van der Waals surface area contributed by atoms with Gasteiger partial charge in [-0.1, -0.05) is 0 Å². The first-order valence-corrected chi connectivity index (χ1v) is 4.27. The monoisotopic (exact) mass is 324 g/mol. The summed E-state index contributed by atoms with van der Waals surface area (Å²) in [6, 6.07) is 0. The Morgan fingerprint density at radius 2 is 1.05 bits per heavy atom. The van der Waals surface area contributed by atoms with Gasteiger partial charge in [0.05, 0.1) is 11.1 Å². The van der Waals surface area contributed by atoms with Gasteiger partial charge < -0.3 is 0 Å². The van der Waals surface area contributed by atoms with Gasteiger partial charge in [0.2, 0.25) is 0 Å². The summed E-state index contributed by atoms with van der Waals surface area (Å²) in [6.45, 7) is 0. The number of alkyl halides is 9. The molecule has 0 fully saturated rings. The Morgan fingerprint density at radius 3 is 1.25 bits per heavy atom. The smallest absolute Gasteiger partial charge is 0.216 e. The second-order valence-corrected chi connectivity index (χ2v) is 3.55. The topological polar surface area (TPSA) is 0 Å². The zero-order valence-electron chi connectivity index (χ0n) is 8.54. The van der Waals surface area contributed by atoms with Gasteiger partial charge in [0, 0.05) is 0 Å². The quantitative estimate of drug-likeness (QED) is 0.638. The van der Waals surface area contributed by atoms with E-state index < -0.39 is 47.0 Å². The van der Waals surface area contributed by atoms with Gasteiger partial charge >= 0.3 is 23.9 Å². The van der Waals surface area contributed by atoms with Gasteiger partial charge in [0.1, 0.15) is 5.83 Å². The third-order valence-corrected chi connectivity index (χ3v) is 2.34. The van der Waals surface area contributed by atoms with Gasteiger partial charge in [0.25, 0.3) is 6.08 Å². The van der Waals surface area contributed by atoms with E-state index in [4.69, 9.17) is 0 Å². The molecule has 0 spiro atoms. The van der Waals surface area contributed by atoms with Crippen LogP contribution in [0.2, 0.25) is 0 Å². The van der Waals surface area contributed by atoms with Crippen LogP contribution in [0.25, 0.3) is 0 Å². The summed E-state index contributed by atoms with van der Waals surface area (Å²) in [5.41, 5.74) is -12.6. The molecule has 0 aromatic rings. The molecule has 0 unspecified atom stereocenters. The second kappa shape index (κ2) is 4.07. The van der Waals surface area contributed by atoms with Crippen LogP contribution in [0, 0.1) is 0 Å². The third-order valence-electron chi connectivity index (χ3n) is 2.34. The van der Waals surface area contributed by atoms with Crippen LogP contribution in [-0.4, -0.2) is 23.9 Å². The highest BCUT2D eigenvalue weighted by molar-refractivity contribution is 5.67. The van der Waals surface area contributed by atoms with Crippen LogP contribution in [0.3, 0.4) is 0 Å². The summed E-state index contributed by atoms with van der Waals surface area (Å²) >= 11 is 0. The summed E-state index contributed by atoms with van der Waals surface area (Å²) in [5.74, 6) is -9.29. The minimum absolute atomic E-state index is 2.44. The van der Waals surface area contributed by atoms with Gasteiger partial charge in [-0.25, -0.2) is 8.78 Å². The molecule has 1 aliphatic carbocycles. The Bertz CT molecular complexity index is 469. The third kappa shape index (κ3) is 1.95. The Morgan fingerprint density at radius 1 is 0.700 bits per heavy atom. The average Bonchev–Trinajstić information content (AvgIpc) is 2.85. The highest BCUT2D eigenvalue weighted by Gasteiger charge is 2.87. The lowest BCUT2D eigenvalue weighted by atomic mass is 9.93. The molecule has 0 radical (unpaired) electrons. The van der Waals surface area contributed by atoms with Crippen molar-refractivity contribution >= 4 is 0 Å². The second-order valence-electron chi connectivity index (χ2n) is 3.55. The molecule has 0 aromatic carbocycles. The molecule has 0 nitrogen and oxygen atoms in total. The summed E-state index contributed by atoms with van der Waals surface area (Å²) in [7, 11) is 0. The van der Waals surface area contributed by atoms with E-state index in [2.05, 4.69) is 0 Å². The van der Waals surface area contributed by atoms with Crippen molar-refractivity contribution in [2.24, 2.45) is 0 Å². The molecule has 20 heavy (non-hydrogen) atoms. The zero-order valence-corrected chi connectivity index (χ0v) is 8.54. The molecular formula is C8F12. The normalized spacial score (nSPS) is 17.7. The Balaban J connectivity index is 3.49. The maximum atomic E-state index is 13.0. The van der Waals surface area contributed by atoms with Crippen LogP contribution < -0.4 is 0 Å². The number of allylic oxidation sites excluding steroid dienone is 3. The molecular weight excluding hydrogens is 324 g/mol. The Labute approximate surface area is 101 Å². The van der Waals surface area contributed by atoms with Gasteiger partial charge in [-0.2, -0.15) is 43.9 Å². The fourth-order valence-electron chi connectivity index (χ4n) is 1.33. The van der Waals surface area contributed by atoms with Gasteiger partial charge in [-0.15, -0.1) is 0 Å². The van der Waals surface area contributed by atoms with Crippen molar-refractivity contribution in [2.45, 2.75) is 23.9 Å². The lowest BCUT2D eigenvalue weighted by molar-refractivity contribution is -0.388. The molecule has 0 N–H and O–H groups in total. The van der Waals surface area contributed by atoms with Crippen molar-refractivity contribution in [1.29, 1.82) is 0 Å². The van der Waals surface area contributed by atoms with Crippen molar-refractivity contribution in [3.63, 3.8) is 0 Å². The Kier molecular flexibility index (Phi) is 3.40. The highest BCUT2D eigenvalue weighted by atomic mass is 19.4. The summed E-state index contributed by atoms with van der Waals surface area (Å²) in [4.78, 5) is 0. The fourth-order valence-corrected chi connectivity index (χ4v) is 1.33. The first-order valence-electron chi connectivity index (χ1n) is 4.27. The molecule has 0 amide bonds. The largest absolute Gasteiger partial charge is 0.438 e. The molecule has 0 aromatic heterocycles. The van der Waals surface area contributed by atoms with E-state index in [-0.39, 0.29) is 0 Å². The van der Waals surface area contributed by atoms with E-state index in [1.54, 1.807) is 0 Å². The molecule has 0 saturated carbocycles. The summed E-state index contributed by atoms with van der Waals surface area (Å²) in [5, 5.41) is 0. The van der Waals surface area contributed by atoms with E-state index in [0.717, 1.165) is 0 Å². The molecule has 1 rings (SSSR count). The maximum absolute atomic E-state index is 13.0. The minimum atomic E-state index is -7.21. The zero-order chi connectivity index (χ0) is 16.3. The van der Waals surface area contributed by atoms with E-state index >= 15 is 0 Å². The van der Waals surface area contributed by atoms with Gasteiger partial charge in [0.15, 0.2) is 0 Å². The SMILES string of the molecule is FC(F)=C1C(F)=C1C(F)(F)C(F)(C(F)(F)F)C(F)(F)F. The van der Waals surface area contributed by atoms with Gasteiger partial charge in [-0.05, 0) is 0 Å². The predicted molar refractivity (Wildman–Crippen MR) is 38.3 cm³/mol. The van der Waals surface area contributed by atoms with Crippen LogP contribution in [0.4, 0.5) is 52.7 Å². The number of hydrogen-bond acceptors (Lipinski definition) is 0. The number of rotatable bonds is 2. The van der Waals surface area contributed by atoms with E-state index in [1.165, 1.54) is 0 Å². The molecule has 0 aliphatic heterocycles. The van der Waals surface area contributed by atoms with Crippen LogP contribution in [0.5, 0.6) is 0 Å². The molecule has 12 heteroatoms. The first-order chi connectivity index (χ1) is 8.60. The van der Waals surface area contributed by atoms with Crippen molar-refractivity contribution < 1.29 is 52.7 Å². The summed E-state index contributed by atoms with van der Waals surface area (Å²) in [6.07, 6.45) is -17.7. The van der Waals surface area contributed by atoms with Crippen molar-refractivity contribution in [3.05, 3.63) is 23.1 Å². The Hall–Kier alpha value is -1.36. The van der Waals surface area contributed by atoms with Crippen LogP contribution >= 0.6 is 0 Å². The average molecular weight is 324 g/mol. The minimum Gasteiger partial charge on any atom is -0.216 e. The van der Waals surface area contributed by atoms with Crippen LogP contribution in [0.1, 0.15) is 0 Å². The maximum Gasteiger partial charge on any atom is 0.438 e. The fraction of sp³-hybridized carbons (Fsp3) is 0.500. The number of halogens is 12. The molecule has 0 saturated heterocycles. The van der Waals surface area contributed by atoms with E-state index in [9.17, 15) is 52.7 Å². The van der Waals surface area contributed by atoms with Crippen molar-refractivity contribution in [2.75, 3.05) is 0 Å².